The number of pyridine rings is 1. The molecule has 0 aliphatic carbocycles. The van der Waals surface area contributed by atoms with Crippen LogP contribution in [0.5, 0.6) is 0 Å². The van der Waals surface area contributed by atoms with E-state index in [1.807, 2.05) is 30.3 Å². The van der Waals surface area contributed by atoms with E-state index in [4.69, 9.17) is 10.5 Å². The molecule has 2 aromatic rings. The first-order valence-corrected chi connectivity index (χ1v) is 6.77. The number of nitrogens with two attached hydrogens (primary N) is 1. The summed E-state index contributed by atoms with van der Waals surface area (Å²) in [5.41, 5.74) is 10.0. The number of fused-ring (bicyclic) bond motifs is 1. The summed E-state index contributed by atoms with van der Waals surface area (Å²) in [6.07, 6.45) is 2.85. The Morgan fingerprint density at radius 1 is 1.20 bits per heavy atom. The highest BCUT2D eigenvalue weighted by atomic mass is 16.5. The molecule has 0 radical (unpaired) electrons. The van der Waals surface area contributed by atoms with Crippen molar-refractivity contribution in [3.8, 4) is 0 Å². The van der Waals surface area contributed by atoms with Crippen LogP contribution in [-0.4, -0.2) is 16.6 Å². The smallest absolute Gasteiger partial charge is 0.0871 e. The molecule has 2 atom stereocenters. The predicted octanol–water partition coefficient (Wildman–Crippen LogP) is 1.89. The van der Waals surface area contributed by atoms with Crippen LogP contribution in [0.15, 0.2) is 42.7 Å². The van der Waals surface area contributed by atoms with Gasteiger partial charge in [-0.2, -0.15) is 0 Å². The number of benzene rings is 1. The molecular weight excluding hydrogens is 252 g/mol. The zero-order chi connectivity index (χ0) is 13.9. The third-order valence-electron chi connectivity index (χ3n) is 3.83. The fourth-order valence-corrected chi connectivity index (χ4v) is 2.65. The number of hydrogen-bond acceptors (Lipinski definition) is 4. The fraction of sp³-hybridized carbons (Fsp3) is 0.312. The Morgan fingerprint density at radius 2 is 2.05 bits per heavy atom. The summed E-state index contributed by atoms with van der Waals surface area (Å²) in [5.74, 6) is -0.149. The van der Waals surface area contributed by atoms with Gasteiger partial charge < -0.3 is 15.6 Å². The second-order valence-corrected chi connectivity index (χ2v) is 5.09. The summed E-state index contributed by atoms with van der Waals surface area (Å²) in [6.45, 7) is 1.66. The number of aliphatic hydroxyl groups excluding tert-OH is 1. The van der Waals surface area contributed by atoms with Gasteiger partial charge in [0.2, 0.25) is 0 Å². The molecule has 1 aromatic carbocycles. The van der Waals surface area contributed by atoms with Gasteiger partial charge in [-0.05, 0) is 28.3 Å². The zero-order valence-electron chi connectivity index (χ0n) is 11.2. The molecular formula is C16H18N2O2. The number of aliphatic hydroxyl groups is 1. The van der Waals surface area contributed by atoms with Gasteiger partial charge in [0.1, 0.15) is 0 Å². The van der Waals surface area contributed by atoms with Crippen molar-refractivity contribution in [1.82, 2.24) is 4.98 Å². The zero-order valence-corrected chi connectivity index (χ0v) is 11.2. The van der Waals surface area contributed by atoms with E-state index in [-0.39, 0.29) is 5.92 Å². The van der Waals surface area contributed by atoms with Gasteiger partial charge in [-0.3, -0.25) is 4.98 Å². The molecule has 3 N–H and O–H groups in total. The summed E-state index contributed by atoms with van der Waals surface area (Å²) in [7, 11) is 0. The van der Waals surface area contributed by atoms with Crippen LogP contribution in [0, 0.1) is 0 Å². The van der Waals surface area contributed by atoms with Crippen LogP contribution in [0.1, 0.15) is 34.3 Å². The Kier molecular flexibility index (Phi) is 3.78. The molecule has 0 saturated carbocycles. The summed E-state index contributed by atoms with van der Waals surface area (Å²) in [4.78, 5) is 4.10. The van der Waals surface area contributed by atoms with E-state index in [0.29, 0.717) is 19.8 Å². The lowest BCUT2D eigenvalue weighted by Crippen LogP contribution is -2.20. The lowest BCUT2D eigenvalue weighted by Gasteiger charge is -2.22. The van der Waals surface area contributed by atoms with Gasteiger partial charge in [-0.1, -0.05) is 24.3 Å². The molecule has 20 heavy (non-hydrogen) atoms. The predicted molar refractivity (Wildman–Crippen MR) is 75.9 cm³/mol. The highest BCUT2D eigenvalue weighted by molar-refractivity contribution is 5.35. The first kappa shape index (κ1) is 13.2. The quantitative estimate of drug-likeness (QED) is 0.890. The summed E-state index contributed by atoms with van der Waals surface area (Å²) >= 11 is 0. The number of rotatable bonds is 4. The molecule has 4 heteroatoms. The third-order valence-corrected chi connectivity index (χ3v) is 3.83. The van der Waals surface area contributed by atoms with Crippen molar-refractivity contribution in [3.63, 3.8) is 0 Å². The maximum absolute atomic E-state index is 10.6. The van der Waals surface area contributed by atoms with Crippen molar-refractivity contribution < 1.29 is 9.84 Å². The Hall–Kier alpha value is -1.75. The molecule has 0 fully saturated rings. The van der Waals surface area contributed by atoms with Gasteiger partial charge in [0, 0.05) is 24.9 Å². The van der Waals surface area contributed by atoms with Crippen molar-refractivity contribution >= 4 is 0 Å². The molecule has 0 bridgehead atoms. The molecule has 1 aliphatic rings. The normalized spacial score (nSPS) is 16.7. The maximum atomic E-state index is 10.6. The van der Waals surface area contributed by atoms with E-state index in [2.05, 4.69) is 4.98 Å². The van der Waals surface area contributed by atoms with E-state index >= 15 is 0 Å². The van der Waals surface area contributed by atoms with Crippen molar-refractivity contribution in [2.75, 3.05) is 6.54 Å². The number of hydrogen-bond donors (Lipinski definition) is 2. The van der Waals surface area contributed by atoms with Gasteiger partial charge in [-0.15, -0.1) is 0 Å². The van der Waals surface area contributed by atoms with Crippen LogP contribution >= 0.6 is 0 Å². The van der Waals surface area contributed by atoms with Crippen molar-refractivity contribution in [1.29, 1.82) is 0 Å². The minimum Gasteiger partial charge on any atom is -0.388 e. The highest BCUT2D eigenvalue weighted by Crippen LogP contribution is 2.32. The second-order valence-electron chi connectivity index (χ2n) is 5.09. The molecule has 2 heterocycles. The highest BCUT2D eigenvalue weighted by Gasteiger charge is 2.23. The van der Waals surface area contributed by atoms with Gasteiger partial charge in [0.05, 0.1) is 19.3 Å². The molecule has 104 valence electrons. The minimum atomic E-state index is -0.630. The van der Waals surface area contributed by atoms with Crippen molar-refractivity contribution in [2.45, 2.75) is 25.2 Å². The lowest BCUT2D eigenvalue weighted by atomic mass is 9.89. The lowest BCUT2D eigenvalue weighted by molar-refractivity contribution is 0.134. The SMILES string of the molecule is NCC(c1cccnc1)C(O)c1ccc2c(c1)COC2. The molecule has 3 rings (SSSR count). The van der Waals surface area contributed by atoms with Crippen LogP contribution in [-0.2, 0) is 18.0 Å². The molecule has 0 amide bonds. The van der Waals surface area contributed by atoms with Crippen molar-refractivity contribution in [3.05, 3.63) is 65.0 Å². The first-order valence-electron chi connectivity index (χ1n) is 6.77. The van der Waals surface area contributed by atoms with Gasteiger partial charge in [0.15, 0.2) is 0 Å². The van der Waals surface area contributed by atoms with E-state index in [0.717, 1.165) is 16.7 Å². The average Bonchev–Trinajstić information content (AvgIpc) is 2.96. The summed E-state index contributed by atoms with van der Waals surface area (Å²) in [6, 6.07) is 9.81. The van der Waals surface area contributed by atoms with Gasteiger partial charge >= 0.3 is 0 Å². The monoisotopic (exact) mass is 270 g/mol. The van der Waals surface area contributed by atoms with Crippen LogP contribution in [0.4, 0.5) is 0 Å². The Bertz CT molecular complexity index is 586. The summed E-state index contributed by atoms with van der Waals surface area (Å²) in [5, 5.41) is 10.6. The van der Waals surface area contributed by atoms with E-state index in [1.54, 1.807) is 12.4 Å². The Morgan fingerprint density at radius 3 is 2.80 bits per heavy atom. The number of ether oxygens (including phenoxy) is 1. The number of nitrogens with zero attached hydrogens (tertiary/aromatic N) is 1. The molecule has 0 saturated heterocycles. The molecule has 1 aromatic heterocycles. The van der Waals surface area contributed by atoms with Crippen LogP contribution in [0.25, 0.3) is 0 Å². The first-order chi connectivity index (χ1) is 9.79. The van der Waals surface area contributed by atoms with Crippen LogP contribution < -0.4 is 5.73 Å². The van der Waals surface area contributed by atoms with E-state index in [1.165, 1.54) is 5.56 Å². The fourth-order valence-electron chi connectivity index (χ4n) is 2.65. The van der Waals surface area contributed by atoms with E-state index < -0.39 is 6.10 Å². The Balaban J connectivity index is 1.89. The minimum absolute atomic E-state index is 0.149. The second kappa shape index (κ2) is 5.71. The average molecular weight is 270 g/mol. The molecule has 2 unspecified atom stereocenters. The molecule has 4 nitrogen and oxygen atoms in total. The van der Waals surface area contributed by atoms with Crippen LogP contribution in [0.3, 0.4) is 0 Å². The van der Waals surface area contributed by atoms with Gasteiger partial charge in [-0.25, -0.2) is 0 Å². The molecule has 1 aliphatic heterocycles. The summed E-state index contributed by atoms with van der Waals surface area (Å²) < 4.78 is 5.40. The Labute approximate surface area is 118 Å². The number of aromatic nitrogens is 1. The van der Waals surface area contributed by atoms with Crippen LogP contribution in [0.2, 0.25) is 0 Å². The maximum Gasteiger partial charge on any atom is 0.0871 e. The standard InChI is InChI=1S/C16H18N2O2/c17-7-15(12-2-1-5-18-8-12)16(19)11-3-4-13-9-20-10-14(13)6-11/h1-6,8,15-16,19H,7,9-10,17H2. The largest absolute Gasteiger partial charge is 0.388 e. The topological polar surface area (TPSA) is 68.4 Å². The van der Waals surface area contributed by atoms with Crippen molar-refractivity contribution in [2.24, 2.45) is 5.73 Å². The van der Waals surface area contributed by atoms with Gasteiger partial charge in [0.25, 0.3) is 0 Å². The van der Waals surface area contributed by atoms with E-state index in [9.17, 15) is 5.11 Å². The molecule has 0 spiro atoms. The third kappa shape index (κ3) is 2.45.